The number of nitrogens with zero attached hydrogens (tertiary/aromatic N) is 3. The SMILES string of the molecule is CCNC(=S)NN=Cc1cc(C)n(-c2cccnc2)c1C. The number of hydrogen-bond donors (Lipinski definition) is 2. The van der Waals surface area contributed by atoms with Crippen molar-refractivity contribution >= 4 is 23.5 Å². The molecule has 0 aliphatic heterocycles. The molecule has 0 aromatic carbocycles. The Morgan fingerprint density at radius 2 is 2.29 bits per heavy atom. The Labute approximate surface area is 130 Å². The van der Waals surface area contributed by atoms with Crippen molar-refractivity contribution in [3.8, 4) is 5.69 Å². The number of hydrogen-bond acceptors (Lipinski definition) is 3. The van der Waals surface area contributed by atoms with Gasteiger partial charge < -0.3 is 9.88 Å². The topological polar surface area (TPSA) is 54.2 Å². The zero-order valence-electron chi connectivity index (χ0n) is 12.4. The molecule has 5 nitrogen and oxygen atoms in total. The smallest absolute Gasteiger partial charge is 0.186 e. The Morgan fingerprint density at radius 1 is 1.48 bits per heavy atom. The number of hydrazone groups is 1. The Kier molecular flexibility index (Phi) is 5.05. The van der Waals surface area contributed by atoms with Crippen LogP contribution in [0, 0.1) is 13.8 Å². The monoisotopic (exact) mass is 301 g/mol. The van der Waals surface area contributed by atoms with Gasteiger partial charge in [0, 0.05) is 29.7 Å². The van der Waals surface area contributed by atoms with Crippen LogP contribution < -0.4 is 10.7 Å². The number of pyridine rings is 1. The Bertz CT molecular complexity index is 646. The minimum absolute atomic E-state index is 0.523. The lowest BCUT2D eigenvalue weighted by Crippen LogP contribution is -2.31. The van der Waals surface area contributed by atoms with Gasteiger partial charge >= 0.3 is 0 Å². The van der Waals surface area contributed by atoms with E-state index in [4.69, 9.17) is 12.2 Å². The maximum atomic E-state index is 5.06. The van der Waals surface area contributed by atoms with E-state index in [0.717, 1.165) is 29.2 Å². The number of rotatable bonds is 4. The molecular formula is C15H19N5S. The van der Waals surface area contributed by atoms with Gasteiger partial charge in [-0.05, 0) is 51.2 Å². The largest absolute Gasteiger partial charge is 0.362 e. The zero-order chi connectivity index (χ0) is 15.2. The van der Waals surface area contributed by atoms with Crippen molar-refractivity contribution in [1.82, 2.24) is 20.3 Å². The van der Waals surface area contributed by atoms with Crippen molar-refractivity contribution in [2.75, 3.05) is 6.54 Å². The average molecular weight is 301 g/mol. The Balaban J connectivity index is 2.20. The molecule has 110 valence electrons. The minimum atomic E-state index is 0.523. The summed E-state index contributed by atoms with van der Waals surface area (Å²) < 4.78 is 2.15. The first-order chi connectivity index (χ1) is 10.1. The summed E-state index contributed by atoms with van der Waals surface area (Å²) in [5, 5.41) is 7.67. The molecular weight excluding hydrogens is 282 g/mol. The molecule has 21 heavy (non-hydrogen) atoms. The van der Waals surface area contributed by atoms with Gasteiger partial charge in [0.2, 0.25) is 0 Å². The third-order valence-electron chi connectivity index (χ3n) is 3.08. The van der Waals surface area contributed by atoms with Crippen LogP contribution in [-0.2, 0) is 0 Å². The van der Waals surface area contributed by atoms with Crippen LogP contribution in [0.1, 0.15) is 23.9 Å². The predicted molar refractivity (Wildman–Crippen MR) is 90.0 cm³/mol. The predicted octanol–water partition coefficient (Wildman–Crippen LogP) is 2.31. The highest BCUT2D eigenvalue weighted by molar-refractivity contribution is 7.80. The second kappa shape index (κ2) is 6.99. The van der Waals surface area contributed by atoms with Crippen molar-refractivity contribution in [2.45, 2.75) is 20.8 Å². The normalized spacial score (nSPS) is 10.8. The Hall–Kier alpha value is -2.21. The van der Waals surface area contributed by atoms with Crippen LogP contribution in [0.5, 0.6) is 0 Å². The van der Waals surface area contributed by atoms with Crippen molar-refractivity contribution < 1.29 is 0 Å². The molecule has 6 heteroatoms. The van der Waals surface area contributed by atoms with Gasteiger partial charge in [-0.15, -0.1) is 0 Å². The highest BCUT2D eigenvalue weighted by Gasteiger charge is 2.09. The van der Waals surface area contributed by atoms with Crippen molar-refractivity contribution in [2.24, 2.45) is 5.10 Å². The average Bonchev–Trinajstić information content (AvgIpc) is 2.75. The first-order valence-electron chi connectivity index (χ1n) is 6.79. The van der Waals surface area contributed by atoms with Crippen LogP contribution in [-0.4, -0.2) is 27.4 Å². The van der Waals surface area contributed by atoms with Gasteiger partial charge in [0.1, 0.15) is 0 Å². The van der Waals surface area contributed by atoms with E-state index in [0.29, 0.717) is 5.11 Å². The molecule has 0 radical (unpaired) electrons. The first kappa shape index (κ1) is 15.2. The van der Waals surface area contributed by atoms with E-state index in [1.54, 1.807) is 12.4 Å². The molecule has 0 bridgehead atoms. The lowest BCUT2D eigenvalue weighted by molar-refractivity contribution is 0.903. The van der Waals surface area contributed by atoms with E-state index >= 15 is 0 Å². The van der Waals surface area contributed by atoms with Crippen LogP contribution in [0.15, 0.2) is 35.7 Å². The zero-order valence-corrected chi connectivity index (χ0v) is 13.2. The fraction of sp³-hybridized carbons (Fsp3) is 0.267. The maximum absolute atomic E-state index is 5.06. The molecule has 0 aliphatic rings. The lowest BCUT2D eigenvalue weighted by Gasteiger charge is -2.08. The first-order valence-corrected chi connectivity index (χ1v) is 7.20. The van der Waals surface area contributed by atoms with E-state index in [1.165, 1.54) is 0 Å². The van der Waals surface area contributed by atoms with Gasteiger partial charge in [0.05, 0.1) is 18.1 Å². The number of nitrogens with one attached hydrogen (secondary N) is 2. The number of aromatic nitrogens is 2. The summed E-state index contributed by atoms with van der Waals surface area (Å²) in [4.78, 5) is 4.17. The molecule has 0 spiro atoms. The van der Waals surface area contributed by atoms with E-state index < -0.39 is 0 Å². The number of thiocarbonyl (C=S) groups is 1. The highest BCUT2D eigenvalue weighted by Crippen LogP contribution is 2.18. The fourth-order valence-electron chi connectivity index (χ4n) is 2.16. The van der Waals surface area contributed by atoms with Crippen LogP contribution in [0.2, 0.25) is 0 Å². The molecule has 0 atom stereocenters. The van der Waals surface area contributed by atoms with Crippen LogP contribution in [0.3, 0.4) is 0 Å². The van der Waals surface area contributed by atoms with E-state index in [-0.39, 0.29) is 0 Å². The molecule has 0 aliphatic carbocycles. The highest BCUT2D eigenvalue weighted by atomic mass is 32.1. The molecule has 2 rings (SSSR count). The van der Waals surface area contributed by atoms with Crippen molar-refractivity contribution in [1.29, 1.82) is 0 Å². The third-order valence-corrected chi connectivity index (χ3v) is 3.32. The summed E-state index contributed by atoms with van der Waals surface area (Å²) in [5.74, 6) is 0. The second-order valence-electron chi connectivity index (χ2n) is 4.60. The summed E-state index contributed by atoms with van der Waals surface area (Å²) in [6.45, 7) is 6.88. The van der Waals surface area contributed by atoms with Gasteiger partial charge in [-0.25, -0.2) is 0 Å². The van der Waals surface area contributed by atoms with Gasteiger partial charge in [-0.1, -0.05) is 0 Å². The van der Waals surface area contributed by atoms with E-state index in [1.807, 2.05) is 25.3 Å². The maximum Gasteiger partial charge on any atom is 0.186 e. The number of aryl methyl sites for hydroxylation is 1. The quantitative estimate of drug-likeness (QED) is 0.517. The standard InChI is InChI=1S/C15H19N5S/c1-4-17-15(21)19-18-9-13-8-11(2)20(12(13)3)14-6-5-7-16-10-14/h5-10H,4H2,1-3H3,(H2,17,19,21). The molecule has 0 unspecified atom stereocenters. The van der Waals surface area contributed by atoms with E-state index in [2.05, 4.69) is 45.3 Å². The van der Waals surface area contributed by atoms with E-state index in [9.17, 15) is 0 Å². The summed E-state index contributed by atoms with van der Waals surface area (Å²) in [5.41, 5.74) is 7.13. The van der Waals surface area contributed by atoms with Gasteiger partial charge in [-0.2, -0.15) is 5.10 Å². The summed E-state index contributed by atoms with van der Waals surface area (Å²) in [6.07, 6.45) is 5.39. The van der Waals surface area contributed by atoms with Gasteiger partial charge in [0.15, 0.2) is 5.11 Å². The summed E-state index contributed by atoms with van der Waals surface area (Å²) in [7, 11) is 0. The lowest BCUT2D eigenvalue weighted by atomic mass is 10.3. The van der Waals surface area contributed by atoms with Crippen LogP contribution >= 0.6 is 12.2 Å². The molecule has 2 aromatic heterocycles. The fourth-order valence-corrected chi connectivity index (χ4v) is 2.36. The molecule has 0 amide bonds. The minimum Gasteiger partial charge on any atom is -0.362 e. The molecule has 0 saturated carbocycles. The second-order valence-corrected chi connectivity index (χ2v) is 5.01. The van der Waals surface area contributed by atoms with Crippen LogP contribution in [0.25, 0.3) is 5.69 Å². The molecule has 2 aromatic rings. The molecule has 0 saturated heterocycles. The van der Waals surface area contributed by atoms with Gasteiger partial charge in [0.25, 0.3) is 0 Å². The molecule has 0 fully saturated rings. The summed E-state index contributed by atoms with van der Waals surface area (Å²) in [6, 6.07) is 6.05. The molecule has 2 heterocycles. The summed E-state index contributed by atoms with van der Waals surface area (Å²) >= 11 is 5.06. The third kappa shape index (κ3) is 3.66. The molecule has 2 N–H and O–H groups in total. The van der Waals surface area contributed by atoms with Gasteiger partial charge in [-0.3, -0.25) is 10.4 Å². The van der Waals surface area contributed by atoms with Crippen LogP contribution in [0.4, 0.5) is 0 Å². The Morgan fingerprint density at radius 3 is 2.95 bits per heavy atom. The van der Waals surface area contributed by atoms with Crippen molar-refractivity contribution in [3.63, 3.8) is 0 Å². The van der Waals surface area contributed by atoms with Crippen molar-refractivity contribution in [3.05, 3.63) is 47.5 Å².